The molecule has 0 aliphatic heterocycles. The molecule has 0 saturated heterocycles. The predicted molar refractivity (Wildman–Crippen MR) is 72.4 cm³/mol. The minimum absolute atomic E-state index is 0.00477. The minimum Gasteiger partial charge on any atom is -0.481 e. The molecule has 1 amide bonds. The van der Waals surface area contributed by atoms with Crippen LogP contribution in [0.1, 0.15) is 12.0 Å². The molecule has 114 valence electrons. The highest BCUT2D eigenvalue weighted by Gasteiger charge is 2.31. The van der Waals surface area contributed by atoms with Gasteiger partial charge in [0.1, 0.15) is 12.6 Å². The van der Waals surface area contributed by atoms with Crippen LogP contribution in [0.25, 0.3) is 0 Å². The summed E-state index contributed by atoms with van der Waals surface area (Å²) in [5.41, 5.74) is 0.764. The van der Waals surface area contributed by atoms with Crippen molar-refractivity contribution in [2.45, 2.75) is 19.1 Å². The zero-order valence-electron chi connectivity index (χ0n) is 11.8. The van der Waals surface area contributed by atoms with E-state index in [1.54, 1.807) is 24.3 Å². The highest BCUT2D eigenvalue weighted by Crippen LogP contribution is 2.09. The fourth-order valence-electron chi connectivity index (χ4n) is 1.64. The molecular formula is C14H17NO6. The summed E-state index contributed by atoms with van der Waals surface area (Å²) in [7, 11) is 2.43. The molecule has 1 aromatic carbocycles. The number of ether oxygens (including phenoxy) is 2. The van der Waals surface area contributed by atoms with Crippen molar-refractivity contribution in [1.82, 2.24) is 4.90 Å². The monoisotopic (exact) mass is 295 g/mol. The van der Waals surface area contributed by atoms with E-state index in [0.29, 0.717) is 0 Å². The standard InChI is InChI=1S/C14H17NO6/c1-15(14(19)20-2)11(8-12(16)17)13(18)21-9-10-6-4-3-5-7-10/h3-7,11H,8-9H2,1-2H3,(H,16,17). The van der Waals surface area contributed by atoms with E-state index < -0.39 is 30.5 Å². The number of carbonyl (C=O) groups excluding carboxylic acids is 2. The molecule has 7 heteroatoms. The van der Waals surface area contributed by atoms with Crippen LogP contribution in [0.4, 0.5) is 4.79 Å². The zero-order chi connectivity index (χ0) is 15.8. The second-order valence-corrected chi connectivity index (χ2v) is 4.29. The molecule has 0 bridgehead atoms. The topological polar surface area (TPSA) is 93.1 Å². The van der Waals surface area contributed by atoms with Crippen LogP contribution < -0.4 is 0 Å². The molecule has 1 rings (SSSR count). The average Bonchev–Trinajstić information content (AvgIpc) is 2.49. The predicted octanol–water partition coefficient (Wildman–Crippen LogP) is 1.27. The van der Waals surface area contributed by atoms with Gasteiger partial charge >= 0.3 is 18.0 Å². The number of methoxy groups -OCH3 is 1. The SMILES string of the molecule is COC(=O)N(C)C(CC(=O)O)C(=O)OCc1ccccc1. The van der Waals surface area contributed by atoms with Crippen molar-refractivity contribution in [2.24, 2.45) is 0 Å². The summed E-state index contributed by atoms with van der Waals surface area (Å²) >= 11 is 0. The first-order valence-corrected chi connectivity index (χ1v) is 6.18. The van der Waals surface area contributed by atoms with Crippen molar-refractivity contribution in [2.75, 3.05) is 14.2 Å². The zero-order valence-corrected chi connectivity index (χ0v) is 11.8. The Bertz CT molecular complexity index is 501. The van der Waals surface area contributed by atoms with Crippen molar-refractivity contribution in [3.63, 3.8) is 0 Å². The lowest BCUT2D eigenvalue weighted by atomic mass is 10.2. The number of hydrogen-bond donors (Lipinski definition) is 1. The van der Waals surface area contributed by atoms with Gasteiger partial charge in [-0.3, -0.25) is 9.69 Å². The largest absolute Gasteiger partial charge is 0.481 e. The van der Waals surface area contributed by atoms with Crippen molar-refractivity contribution in [3.05, 3.63) is 35.9 Å². The number of nitrogens with zero attached hydrogens (tertiary/aromatic N) is 1. The van der Waals surface area contributed by atoms with E-state index in [2.05, 4.69) is 4.74 Å². The molecule has 0 aromatic heterocycles. The van der Waals surface area contributed by atoms with Gasteiger partial charge in [-0.2, -0.15) is 0 Å². The fraction of sp³-hybridized carbons (Fsp3) is 0.357. The molecule has 0 aliphatic carbocycles. The minimum atomic E-state index is -1.24. The molecule has 1 atom stereocenters. The molecule has 0 spiro atoms. The summed E-state index contributed by atoms with van der Waals surface area (Å²) in [4.78, 5) is 35.1. The van der Waals surface area contributed by atoms with Crippen molar-refractivity contribution >= 4 is 18.0 Å². The van der Waals surface area contributed by atoms with Gasteiger partial charge in [-0.15, -0.1) is 0 Å². The lowest BCUT2D eigenvalue weighted by Gasteiger charge is -2.24. The van der Waals surface area contributed by atoms with Crippen LogP contribution in [-0.2, 0) is 25.7 Å². The first-order chi connectivity index (χ1) is 9.95. The normalized spacial score (nSPS) is 11.3. The second-order valence-electron chi connectivity index (χ2n) is 4.29. The number of likely N-dealkylation sites (N-methyl/N-ethyl adjacent to an activating group) is 1. The molecule has 1 aromatic rings. The van der Waals surface area contributed by atoms with Crippen LogP contribution in [0.15, 0.2) is 30.3 Å². The van der Waals surface area contributed by atoms with Crippen LogP contribution in [-0.4, -0.2) is 48.2 Å². The Balaban J connectivity index is 2.71. The van der Waals surface area contributed by atoms with Crippen molar-refractivity contribution < 1.29 is 29.0 Å². The highest BCUT2D eigenvalue weighted by molar-refractivity contribution is 5.85. The van der Waals surface area contributed by atoms with Crippen LogP contribution >= 0.6 is 0 Å². The van der Waals surface area contributed by atoms with Gasteiger partial charge in [0, 0.05) is 7.05 Å². The molecule has 0 heterocycles. The molecule has 1 unspecified atom stereocenters. The van der Waals surface area contributed by atoms with E-state index in [1.165, 1.54) is 7.05 Å². The van der Waals surface area contributed by atoms with Crippen LogP contribution in [0, 0.1) is 0 Å². The third-order valence-corrected chi connectivity index (χ3v) is 2.79. The molecule has 21 heavy (non-hydrogen) atoms. The molecule has 1 N–H and O–H groups in total. The summed E-state index contributed by atoms with van der Waals surface area (Å²) in [5.74, 6) is -2.01. The molecule has 0 aliphatic rings. The van der Waals surface area contributed by atoms with Crippen LogP contribution in [0.2, 0.25) is 0 Å². The second kappa shape index (κ2) is 7.88. The molecule has 0 radical (unpaired) electrons. The Morgan fingerprint density at radius 1 is 1.24 bits per heavy atom. The van der Waals surface area contributed by atoms with Gasteiger partial charge in [-0.1, -0.05) is 30.3 Å². The number of amides is 1. The summed E-state index contributed by atoms with van der Waals surface area (Å²) < 4.78 is 9.53. The van der Waals surface area contributed by atoms with E-state index in [4.69, 9.17) is 9.84 Å². The van der Waals surface area contributed by atoms with Gasteiger partial charge in [-0.05, 0) is 5.56 Å². The Morgan fingerprint density at radius 3 is 2.38 bits per heavy atom. The Hall–Kier alpha value is -2.57. The Kier molecular flexibility index (Phi) is 6.19. The fourth-order valence-corrected chi connectivity index (χ4v) is 1.64. The van der Waals surface area contributed by atoms with E-state index in [9.17, 15) is 14.4 Å². The lowest BCUT2D eigenvalue weighted by molar-refractivity contribution is -0.154. The maximum absolute atomic E-state index is 12.0. The van der Waals surface area contributed by atoms with Gasteiger partial charge in [0.25, 0.3) is 0 Å². The van der Waals surface area contributed by atoms with E-state index >= 15 is 0 Å². The summed E-state index contributed by atoms with van der Waals surface area (Å²) in [6.07, 6.45) is -1.36. The van der Waals surface area contributed by atoms with E-state index in [-0.39, 0.29) is 6.61 Å². The number of esters is 1. The van der Waals surface area contributed by atoms with Crippen molar-refractivity contribution in [1.29, 1.82) is 0 Å². The smallest absolute Gasteiger partial charge is 0.409 e. The molecule has 0 saturated carbocycles. The number of hydrogen-bond acceptors (Lipinski definition) is 5. The number of rotatable bonds is 6. The first-order valence-electron chi connectivity index (χ1n) is 6.18. The van der Waals surface area contributed by atoms with Gasteiger partial charge in [-0.25, -0.2) is 9.59 Å². The number of benzene rings is 1. The highest BCUT2D eigenvalue weighted by atomic mass is 16.6. The van der Waals surface area contributed by atoms with Crippen LogP contribution in [0.5, 0.6) is 0 Å². The Morgan fingerprint density at radius 2 is 1.86 bits per heavy atom. The number of carboxylic acid groups (broad SMARTS) is 1. The lowest BCUT2D eigenvalue weighted by Crippen LogP contribution is -2.44. The maximum Gasteiger partial charge on any atom is 0.409 e. The molecule has 0 fully saturated rings. The summed E-state index contributed by atoms with van der Waals surface area (Å²) in [6.45, 7) is 0.00477. The van der Waals surface area contributed by atoms with E-state index in [0.717, 1.165) is 17.6 Å². The summed E-state index contributed by atoms with van der Waals surface area (Å²) in [6, 6.07) is 7.70. The van der Waals surface area contributed by atoms with Gasteiger partial charge < -0.3 is 14.6 Å². The number of carbonyl (C=O) groups is 3. The third-order valence-electron chi connectivity index (χ3n) is 2.79. The molecule has 7 nitrogen and oxygen atoms in total. The maximum atomic E-state index is 12.0. The van der Waals surface area contributed by atoms with Gasteiger partial charge in [0.15, 0.2) is 0 Å². The van der Waals surface area contributed by atoms with Gasteiger partial charge in [0.05, 0.1) is 13.5 Å². The number of aliphatic carboxylic acids is 1. The number of carboxylic acids is 1. The third kappa shape index (κ3) is 5.13. The summed E-state index contributed by atoms with van der Waals surface area (Å²) in [5, 5.41) is 8.83. The Labute approximate surface area is 122 Å². The van der Waals surface area contributed by atoms with Crippen molar-refractivity contribution in [3.8, 4) is 0 Å². The van der Waals surface area contributed by atoms with Gasteiger partial charge in [0.2, 0.25) is 0 Å². The quantitative estimate of drug-likeness (QED) is 0.794. The molecular weight excluding hydrogens is 278 g/mol. The average molecular weight is 295 g/mol. The first kappa shape index (κ1) is 16.5. The van der Waals surface area contributed by atoms with Crippen LogP contribution in [0.3, 0.4) is 0 Å². The van der Waals surface area contributed by atoms with E-state index in [1.807, 2.05) is 6.07 Å².